The van der Waals surface area contributed by atoms with E-state index in [0.29, 0.717) is 34.3 Å². The van der Waals surface area contributed by atoms with Crippen LogP contribution in [0.2, 0.25) is 5.02 Å². The monoisotopic (exact) mass is 292 g/mol. The van der Waals surface area contributed by atoms with E-state index in [2.05, 4.69) is 0 Å². The van der Waals surface area contributed by atoms with Crippen molar-refractivity contribution < 1.29 is 19.0 Å². The molecule has 0 heterocycles. The van der Waals surface area contributed by atoms with Gasteiger partial charge in [-0.2, -0.15) is 0 Å². The third-order valence-corrected chi connectivity index (χ3v) is 3.05. The van der Waals surface area contributed by atoms with Crippen LogP contribution in [0.4, 0.5) is 0 Å². The van der Waals surface area contributed by atoms with Gasteiger partial charge in [0.25, 0.3) is 0 Å². The number of para-hydroxylation sites is 1. The minimum Gasteiger partial charge on any atom is -0.493 e. The molecule has 0 aromatic heterocycles. The fourth-order valence-corrected chi connectivity index (χ4v) is 1.96. The largest absolute Gasteiger partial charge is 0.493 e. The smallest absolute Gasteiger partial charge is 0.211 e. The summed E-state index contributed by atoms with van der Waals surface area (Å²) in [5.74, 6) is 1.74. The molecule has 0 fully saturated rings. The Bertz CT molecular complexity index is 603. The number of hydrogen-bond donors (Lipinski definition) is 0. The maximum Gasteiger partial charge on any atom is 0.211 e. The average Bonchev–Trinajstić information content (AvgIpc) is 2.47. The Labute approximate surface area is 121 Å². The molecule has 0 aliphatic carbocycles. The van der Waals surface area contributed by atoms with Crippen molar-refractivity contribution in [1.29, 1.82) is 0 Å². The number of ether oxygens (including phenoxy) is 3. The lowest BCUT2D eigenvalue weighted by Crippen LogP contribution is -1.96. The zero-order chi connectivity index (χ0) is 14.5. The van der Waals surface area contributed by atoms with Gasteiger partial charge in [-0.3, -0.25) is 4.79 Å². The first-order valence-corrected chi connectivity index (χ1v) is 6.21. The maximum absolute atomic E-state index is 11.1. The highest BCUT2D eigenvalue weighted by atomic mass is 35.5. The van der Waals surface area contributed by atoms with E-state index in [1.165, 1.54) is 14.2 Å². The Balaban J connectivity index is 2.49. The van der Waals surface area contributed by atoms with Gasteiger partial charge < -0.3 is 14.2 Å². The van der Waals surface area contributed by atoms with E-state index in [0.717, 1.165) is 0 Å². The molecule has 0 amide bonds. The van der Waals surface area contributed by atoms with Crippen molar-refractivity contribution in [2.45, 2.75) is 0 Å². The molecular weight excluding hydrogens is 280 g/mol. The number of carbonyl (C=O) groups excluding carboxylic acids is 1. The van der Waals surface area contributed by atoms with Crippen molar-refractivity contribution in [3.05, 3.63) is 47.0 Å². The highest BCUT2D eigenvalue weighted by Crippen LogP contribution is 2.41. The van der Waals surface area contributed by atoms with Crippen molar-refractivity contribution in [3.63, 3.8) is 0 Å². The summed E-state index contributed by atoms with van der Waals surface area (Å²) in [6.07, 6.45) is 0.652. The standard InChI is InChI=1S/C15H13ClO4/c1-18-13-7-4-8-14(19-2)15(13)20-12-6-3-5-11(16)10(12)9-17/h3-9H,1-2H3. The number of benzene rings is 2. The second kappa shape index (κ2) is 6.30. The first-order chi connectivity index (χ1) is 9.71. The number of halogens is 1. The summed E-state index contributed by atoms with van der Waals surface area (Å²) >= 11 is 5.97. The van der Waals surface area contributed by atoms with Gasteiger partial charge in [0.1, 0.15) is 5.75 Å². The van der Waals surface area contributed by atoms with Crippen molar-refractivity contribution in [1.82, 2.24) is 0 Å². The predicted octanol–water partition coefficient (Wildman–Crippen LogP) is 3.96. The van der Waals surface area contributed by atoms with E-state index in [1.54, 1.807) is 36.4 Å². The molecule has 0 aliphatic rings. The molecule has 0 aliphatic heterocycles. The molecule has 20 heavy (non-hydrogen) atoms. The summed E-state index contributed by atoms with van der Waals surface area (Å²) < 4.78 is 16.2. The normalized spacial score (nSPS) is 9.95. The zero-order valence-corrected chi connectivity index (χ0v) is 11.8. The number of methoxy groups -OCH3 is 2. The van der Waals surface area contributed by atoms with Crippen LogP contribution >= 0.6 is 11.6 Å². The van der Waals surface area contributed by atoms with E-state index >= 15 is 0 Å². The Morgan fingerprint density at radius 3 is 2.05 bits per heavy atom. The van der Waals surface area contributed by atoms with Gasteiger partial charge in [-0.1, -0.05) is 23.7 Å². The molecule has 0 spiro atoms. The van der Waals surface area contributed by atoms with Crippen LogP contribution in [0.5, 0.6) is 23.0 Å². The second-order valence-electron chi connectivity index (χ2n) is 3.86. The van der Waals surface area contributed by atoms with Gasteiger partial charge in [0.2, 0.25) is 5.75 Å². The van der Waals surface area contributed by atoms with Gasteiger partial charge in [0, 0.05) is 0 Å². The topological polar surface area (TPSA) is 44.8 Å². The molecule has 0 bridgehead atoms. The summed E-state index contributed by atoms with van der Waals surface area (Å²) in [6, 6.07) is 10.2. The SMILES string of the molecule is COc1cccc(OC)c1Oc1cccc(Cl)c1C=O. The first kappa shape index (κ1) is 14.2. The fourth-order valence-electron chi connectivity index (χ4n) is 1.75. The number of aldehydes is 1. The molecule has 0 saturated carbocycles. The molecule has 2 rings (SSSR count). The molecule has 0 radical (unpaired) electrons. The van der Waals surface area contributed by atoms with Crippen molar-refractivity contribution in [3.8, 4) is 23.0 Å². The third-order valence-electron chi connectivity index (χ3n) is 2.73. The van der Waals surface area contributed by atoms with E-state index in [-0.39, 0.29) is 5.56 Å². The zero-order valence-electron chi connectivity index (χ0n) is 11.1. The van der Waals surface area contributed by atoms with Gasteiger partial charge in [-0.05, 0) is 24.3 Å². The van der Waals surface area contributed by atoms with E-state index in [1.807, 2.05) is 0 Å². The number of hydrogen-bond acceptors (Lipinski definition) is 4. The molecule has 0 atom stereocenters. The average molecular weight is 293 g/mol. The van der Waals surface area contributed by atoms with Crippen LogP contribution in [0.1, 0.15) is 10.4 Å². The molecule has 5 heteroatoms. The third kappa shape index (κ3) is 2.70. The lowest BCUT2D eigenvalue weighted by Gasteiger charge is -2.15. The van der Waals surface area contributed by atoms with Crippen molar-refractivity contribution >= 4 is 17.9 Å². The number of carbonyl (C=O) groups is 1. The van der Waals surface area contributed by atoms with Crippen LogP contribution in [0, 0.1) is 0 Å². The summed E-state index contributed by atoms with van der Waals surface area (Å²) in [7, 11) is 3.06. The highest BCUT2D eigenvalue weighted by molar-refractivity contribution is 6.33. The summed E-state index contributed by atoms with van der Waals surface area (Å²) in [5, 5.41) is 0.325. The summed E-state index contributed by atoms with van der Waals surface area (Å²) in [6.45, 7) is 0. The second-order valence-corrected chi connectivity index (χ2v) is 4.27. The van der Waals surface area contributed by atoms with Crippen LogP contribution in [0.3, 0.4) is 0 Å². The Morgan fingerprint density at radius 1 is 0.950 bits per heavy atom. The van der Waals surface area contributed by atoms with E-state index < -0.39 is 0 Å². The summed E-state index contributed by atoms with van der Waals surface area (Å²) in [4.78, 5) is 11.1. The minimum atomic E-state index is 0.280. The maximum atomic E-state index is 11.1. The van der Waals surface area contributed by atoms with Crippen molar-refractivity contribution in [2.75, 3.05) is 14.2 Å². The van der Waals surface area contributed by atoms with Crippen LogP contribution in [-0.4, -0.2) is 20.5 Å². The van der Waals surface area contributed by atoms with Gasteiger partial charge in [0.05, 0.1) is 24.8 Å². The molecular formula is C15H13ClO4. The Hall–Kier alpha value is -2.20. The minimum absolute atomic E-state index is 0.280. The van der Waals surface area contributed by atoms with Crippen LogP contribution in [-0.2, 0) is 0 Å². The Kier molecular flexibility index (Phi) is 4.48. The van der Waals surface area contributed by atoms with Crippen LogP contribution < -0.4 is 14.2 Å². The van der Waals surface area contributed by atoms with E-state index in [9.17, 15) is 4.79 Å². The van der Waals surface area contributed by atoms with Gasteiger partial charge in [-0.15, -0.1) is 0 Å². The molecule has 2 aromatic carbocycles. The van der Waals surface area contributed by atoms with Gasteiger partial charge in [0.15, 0.2) is 17.8 Å². The molecule has 2 aromatic rings. The molecule has 0 saturated heterocycles. The lowest BCUT2D eigenvalue weighted by atomic mass is 10.2. The lowest BCUT2D eigenvalue weighted by molar-refractivity contribution is 0.112. The molecule has 0 unspecified atom stereocenters. The van der Waals surface area contributed by atoms with Gasteiger partial charge in [-0.25, -0.2) is 0 Å². The highest BCUT2D eigenvalue weighted by Gasteiger charge is 2.15. The van der Waals surface area contributed by atoms with Gasteiger partial charge >= 0.3 is 0 Å². The van der Waals surface area contributed by atoms with E-state index in [4.69, 9.17) is 25.8 Å². The molecule has 104 valence electrons. The molecule has 4 nitrogen and oxygen atoms in total. The number of rotatable bonds is 5. The fraction of sp³-hybridized carbons (Fsp3) is 0.133. The Morgan fingerprint density at radius 2 is 1.50 bits per heavy atom. The molecule has 0 N–H and O–H groups in total. The summed E-state index contributed by atoms with van der Waals surface area (Å²) in [5.41, 5.74) is 0.280. The first-order valence-electron chi connectivity index (χ1n) is 5.83. The van der Waals surface area contributed by atoms with Crippen molar-refractivity contribution in [2.24, 2.45) is 0 Å². The quantitative estimate of drug-likeness (QED) is 0.782. The van der Waals surface area contributed by atoms with Crippen LogP contribution in [0.15, 0.2) is 36.4 Å². The predicted molar refractivity (Wildman–Crippen MR) is 76.5 cm³/mol. The van der Waals surface area contributed by atoms with Crippen LogP contribution in [0.25, 0.3) is 0 Å².